The van der Waals surface area contributed by atoms with Crippen molar-refractivity contribution in [3.8, 4) is 0 Å². The van der Waals surface area contributed by atoms with Gasteiger partial charge in [-0.15, -0.1) is 0 Å². The fraction of sp³-hybridized carbons (Fsp3) is 0.812. The summed E-state index contributed by atoms with van der Waals surface area (Å²) in [4.78, 5) is 39.6. The first-order chi connectivity index (χ1) is 10.3. The minimum atomic E-state index is -1.06. The second kappa shape index (κ2) is 8.15. The lowest BCUT2D eigenvalue weighted by atomic mass is 9.90. The number of nitrogens with zero attached hydrogens (tertiary/aromatic N) is 2. The summed E-state index contributed by atoms with van der Waals surface area (Å²) < 4.78 is 0. The van der Waals surface area contributed by atoms with Crippen LogP contribution in [0.4, 0.5) is 0 Å². The summed E-state index contributed by atoms with van der Waals surface area (Å²) in [5, 5.41) is 2.85. The van der Waals surface area contributed by atoms with E-state index in [9.17, 15) is 14.4 Å². The monoisotopic (exact) mass is 311 g/mol. The van der Waals surface area contributed by atoms with Crippen molar-refractivity contribution in [2.75, 3.05) is 32.7 Å². The molecule has 1 rings (SSSR count). The van der Waals surface area contributed by atoms with E-state index in [0.717, 1.165) is 19.3 Å². The molecular weight excluding hydrogens is 282 g/mol. The fourth-order valence-corrected chi connectivity index (χ4v) is 2.51. The van der Waals surface area contributed by atoms with Gasteiger partial charge in [-0.05, 0) is 20.3 Å². The average Bonchev–Trinajstić information content (AvgIpc) is 2.50. The van der Waals surface area contributed by atoms with Gasteiger partial charge in [-0.1, -0.05) is 19.8 Å². The topological polar surface area (TPSA) is 69.7 Å². The molecule has 0 aliphatic carbocycles. The van der Waals surface area contributed by atoms with Crippen LogP contribution in [0.15, 0.2) is 0 Å². The molecule has 0 saturated carbocycles. The minimum absolute atomic E-state index is 0.0278. The zero-order valence-electron chi connectivity index (χ0n) is 14.3. The molecule has 0 aromatic rings. The summed E-state index contributed by atoms with van der Waals surface area (Å²) in [5.41, 5.74) is -1.06. The molecule has 1 heterocycles. The van der Waals surface area contributed by atoms with Crippen LogP contribution in [0.1, 0.15) is 47.0 Å². The Morgan fingerprint density at radius 2 is 1.55 bits per heavy atom. The molecule has 6 heteroatoms. The maximum atomic E-state index is 12.6. The average molecular weight is 311 g/mol. The molecule has 1 saturated heterocycles. The largest absolute Gasteiger partial charge is 0.355 e. The third-order valence-electron chi connectivity index (χ3n) is 4.18. The van der Waals surface area contributed by atoms with E-state index in [4.69, 9.17) is 0 Å². The molecule has 0 atom stereocenters. The molecule has 126 valence electrons. The number of nitrogens with one attached hydrogen (secondary N) is 1. The van der Waals surface area contributed by atoms with Crippen LogP contribution in [0.25, 0.3) is 0 Å². The van der Waals surface area contributed by atoms with Crippen molar-refractivity contribution in [2.24, 2.45) is 5.41 Å². The first-order valence-electron chi connectivity index (χ1n) is 8.14. The molecule has 0 spiro atoms. The Balaban J connectivity index is 2.52. The van der Waals surface area contributed by atoms with Crippen molar-refractivity contribution in [1.29, 1.82) is 0 Å². The van der Waals surface area contributed by atoms with Crippen LogP contribution in [0.3, 0.4) is 0 Å². The van der Waals surface area contributed by atoms with Gasteiger partial charge in [0.15, 0.2) is 0 Å². The molecule has 1 aliphatic heterocycles. The lowest BCUT2D eigenvalue weighted by Gasteiger charge is -2.37. The van der Waals surface area contributed by atoms with Gasteiger partial charge in [0.05, 0.1) is 0 Å². The second-order valence-electron chi connectivity index (χ2n) is 6.39. The Hall–Kier alpha value is -1.59. The zero-order valence-corrected chi connectivity index (χ0v) is 14.3. The van der Waals surface area contributed by atoms with E-state index in [1.807, 2.05) is 0 Å². The summed E-state index contributed by atoms with van der Waals surface area (Å²) in [5.74, 6) is -0.355. The van der Waals surface area contributed by atoms with Crippen molar-refractivity contribution >= 4 is 17.7 Å². The summed E-state index contributed by atoms with van der Waals surface area (Å²) in [6, 6.07) is 0. The molecule has 1 aliphatic rings. The van der Waals surface area contributed by atoms with Crippen molar-refractivity contribution in [3.63, 3.8) is 0 Å². The number of rotatable bonds is 6. The van der Waals surface area contributed by atoms with Crippen LogP contribution in [-0.2, 0) is 14.4 Å². The molecule has 3 amide bonds. The van der Waals surface area contributed by atoms with Crippen LogP contribution in [-0.4, -0.2) is 60.2 Å². The van der Waals surface area contributed by atoms with E-state index >= 15 is 0 Å². The quantitative estimate of drug-likeness (QED) is 0.588. The lowest BCUT2D eigenvalue weighted by molar-refractivity contribution is -0.151. The van der Waals surface area contributed by atoms with Crippen LogP contribution in [0, 0.1) is 5.41 Å². The summed E-state index contributed by atoms with van der Waals surface area (Å²) in [6.45, 7) is 9.65. The van der Waals surface area contributed by atoms with Crippen LogP contribution < -0.4 is 5.32 Å². The first kappa shape index (κ1) is 18.5. The highest BCUT2D eigenvalue weighted by atomic mass is 16.2. The van der Waals surface area contributed by atoms with Crippen LogP contribution >= 0.6 is 0 Å². The SMILES string of the molecule is CCCCCNC(=O)C(C)(C)C(=O)N1CCN(C(C)=O)CC1. The Morgan fingerprint density at radius 1 is 1.00 bits per heavy atom. The molecule has 0 aromatic carbocycles. The Morgan fingerprint density at radius 3 is 2.05 bits per heavy atom. The van der Waals surface area contributed by atoms with Crippen molar-refractivity contribution < 1.29 is 14.4 Å². The van der Waals surface area contributed by atoms with Crippen molar-refractivity contribution in [3.05, 3.63) is 0 Å². The standard InChI is InChI=1S/C16H29N3O3/c1-5-6-7-8-17-14(21)16(3,4)15(22)19-11-9-18(10-12-19)13(2)20/h5-12H2,1-4H3,(H,17,21). The molecule has 0 unspecified atom stereocenters. The molecule has 22 heavy (non-hydrogen) atoms. The van der Waals surface area contributed by atoms with E-state index in [0.29, 0.717) is 32.7 Å². The molecule has 0 bridgehead atoms. The number of amides is 3. The highest BCUT2D eigenvalue weighted by Crippen LogP contribution is 2.20. The molecule has 1 fully saturated rings. The maximum Gasteiger partial charge on any atom is 0.237 e. The highest BCUT2D eigenvalue weighted by Gasteiger charge is 2.39. The predicted molar refractivity (Wildman–Crippen MR) is 85.1 cm³/mol. The Kier molecular flexibility index (Phi) is 6.84. The lowest BCUT2D eigenvalue weighted by Crippen LogP contribution is -2.56. The second-order valence-corrected chi connectivity index (χ2v) is 6.39. The Labute approximate surface area is 133 Å². The third-order valence-corrected chi connectivity index (χ3v) is 4.18. The van der Waals surface area contributed by atoms with Crippen LogP contribution in [0.5, 0.6) is 0 Å². The number of carbonyl (C=O) groups excluding carboxylic acids is 3. The van der Waals surface area contributed by atoms with Gasteiger partial charge in [0, 0.05) is 39.6 Å². The number of piperazine rings is 1. The van der Waals surface area contributed by atoms with E-state index in [-0.39, 0.29) is 17.7 Å². The van der Waals surface area contributed by atoms with Gasteiger partial charge in [-0.25, -0.2) is 0 Å². The molecule has 0 radical (unpaired) electrons. The van der Waals surface area contributed by atoms with Gasteiger partial charge in [0.1, 0.15) is 5.41 Å². The minimum Gasteiger partial charge on any atom is -0.355 e. The van der Waals surface area contributed by atoms with E-state index in [1.165, 1.54) is 6.92 Å². The van der Waals surface area contributed by atoms with Gasteiger partial charge in [-0.3, -0.25) is 14.4 Å². The number of hydrogen-bond donors (Lipinski definition) is 1. The van der Waals surface area contributed by atoms with Crippen molar-refractivity contribution in [2.45, 2.75) is 47.0 Å². The summed E-state index contributed by atoms with van der Waals surface area (Å²) in [6.07, 6.45) is 3.10. The third kappa shape index (κ3) is 4.71. The molecular formula is C16H29N3O3. The Bertz CT molecular complexity index is 413. The summed E-state index contributed by atoms with van der Waals surface area (Å²) in [7, 11) is 0. The number of carbonyl (C=O) groups is 3. The molecule has 6 nitrogen and oxygen atoms in total. The zero-order chi connectivity index (χ0) is 16.8. The first-order valence-corrected chi connectivity index (χ1v) is 8.14. The van der Waals surface area contributed by atoms with E-state index in [2.05, 4.69) is 12.2 Å². The van der Waals surface area contributed by atoms with Gasteiger partial charge >= 0.3 is 0 Å². The smallest absolute Gasteiger partial charge is 0.237 e. The normalized spacial score (nSPS) is 15.6. The van der Waals surface area contributed by atoms with Gasteiger partial charge in [0.25, 0.3) is 0 Å². The maximum absolute atomic E-state index is 12.6. The number of hydrogen-bond acceptors (Lipinski definition) is 3. The van der Waals surface area contributed by atoms with Crippen LogP contribution in [0.2, 0.25) is 0 Å². The van der Waals surface area contributed by atoms with Gasteiger partial charge in [0.2, 0.25) is 17.7 Å². The summed E-state index contributed by atoms with van der Waals surface area (Å²) >= 11 is 0. The van der Waals surface area contributed by atoms with Gasteiger partial charge in [-0.2, -0.15) is 0 Å². The van der Waals surface area contributed by atoms with E-state index < -0.39 is 5.41 Å². The fourth-order valence-electron chi connectivity index (χ4n) is 2.51. The number of unbranched alkanes of at least 4 members (excludes halogenated alkanes) is 2. The highest BCUT2D eigenvalue weighted by molar-refractivity contribution is 6.04. The van der Waals surface area contributed by atoms with Crippen molar-refractivity contribution in [1.82, 2.24) is 15.1 Å². The van der Waals surface area contributed by atoms with E-state index in [1.54, 1.807) is 23.6 Å². The molecule has 1 N–H and O–H groups in total. The van der Waals surface area contributed by atoms with Gasteiger partial charge < -0.3 is 15.1 Å². The predicted octanol–water partition coefficient (Wildman–Crippen LogP) is 1.01. The molecule has 0 aromatic heterocycles.